The third-order valence-electron chi connectivity index (χ3n) is 3.95. The normalized spacial score (nSPS) is 15.8. The fourth-order valence-corrected chi connectivity index (χ4v) is 2.18. The van der Waals surface area contributed by atoms with E-state index in [2.05, 4.69) is 35.9 Å². The van der Waals surface area contributed by atoms with Gasteiger partial charge in [-0.05, 0) is 25.7 Å². The van der Waals surface area contributed by atoms with Gasteiger partial charge in [0, 0.05) is 30.4 Å². The van der Waals surface area contributed by atoms with Crippen LogP contribution in [0.1, 0.15) is 50.8 Å². The molecular weight excluding hydrogens is 210 g/mol. The van der Waals surface area contributed by atoms with E-state index in [9.17, 15) is 0 Å². The van der Waals surface area contributed by atoms with Crippen LogP contribution in [-0.2, 0) is 13.1 Å². The van der Waals surface area contributed by atoms with Crippen molar-refractivity contribution < 1.29 is 0 Å². The number of aromatic nitrogens is 2. The van der Waals surface area contributed by atoms with Crippen LogP contribution in [-0.4, -0.2) is 15.8 Å². The van der Waals surface area contributed by atoms with Crippen LogP contribution in [0.4, 0.5) is 0 Å². The van der Waals surface area contributed by atoms with E-state index < -0.39 is 0 Å². The van der Waals surface area contributed by atoms with Gasteiger partial charge in [-0.15, -0.1) is 0 Å². The summed E-state index contributed by atoms with van der Waals surface area (Å²) in [6.07, 6.45) is 7.21. The van der Waals surface area contributed by atoms with Gasteiger partial charge in [-0.25, -0.2) is 0 Å². The van der Waals surface area contributed by atoms with E-state index in [-0.39, 0.29) is 0 Å². The summed E-state index contributed by atoms with van der Waals surface area (Å²) in [6.45, 7) is 8.78. The molecule has 0 atom stereocenters. The largest absolute Gasteiger partial charge is 0.310 e. The molecule has 0 saturated heterocycles. The summed E-state index contributed by atoms with van der Waals surface area (Å²) in [4.78, 5) is 0. The highest BCUT2D eigenvalue weighted by atomic mass is 15.3. The van der Waals surface area contributed by atoms with E-state index in [4.69, 9.17) is 0 Å². The molecule has 1 aliphatic rings. The Morgan fingerprint density at radius 3 is 2.71 bits per heavy atom. The number of rotatable bonds is 7. The van der Waals surface area contributed by atoms with E-state index in [1.54, 1.807) is 0 Å². The molecule has 1 N–H and O–H groups in total. The van der Waals surface area contributed by atoms with Gasteiger partial charge in [0.05, 0.1) is 6.20 Å². The maximum absolute atomic E-state index is 4.53. The first-order valence-corrected chi connectivity index (χ1v) is 6.99. The molecule has 3 nitrogen and oxygen atoms in total. The van der Waals surface area contributed by atoms with E-state index in [0.717, 1.165) is 25.0 Å². The lowest BCUT2D eigenvalue weighted by Gasteiger charge is -2.13. The zero-order valence-electron chi connectivity index (χ0n) is 11.4. The van der Waals surface area contributed by atoms with Crippen LogP contribution in [0.25, 0.3) is 0 Å². The van der Waals surface area contributed by atoms with Crippen molar-refractivity contribution in [1.29, 1.82) is 0 Å². The molecule has 2 rings (SSSR count). The molecular formula is C14H25N3. The van der Waals surface area contributed by atoms with Crippen molar-refractivity contribution in [1.82, 2.24) is 15.1 Å². The summed E-state index contributed by atoms with van der Waals surface area (Å²) < 4.78 is 2.18. The summed E-state index contributed by atoms with van der Waals surface area (Å²) >= 11 is 0. The first-order chi connectivity index (χ1) is 8.24. The first kappa shape index (κ1) is 12.6. The molecule has 0 unspecified atom stereocenters. The smallest absolute Gasteiger partial charge is 0.0537 e. The number of nitrogens with zero attached hydrogens (tertiary/aromatic N) is 2. The Hall–Kier alpha value is -0.830. The third kappa shape index (κ3) is 3.32. The van der Waals surface area contributed by atoms with E-state index in [1.165, 1.54) is 36.9 Å². The van der Waals surface area contributed by atoms with Crippen molar-refractivity contribution in [2.75, 3.05) is 0 Å². The SMILES string of the molecule is CCC(CC)Cn1ncc(CNC2CC2)c1C. The highest BCUT2D eigenvalue weighted by Gasteiger charge is 2.20. The molecule has 0 amide bonds. The van der Waals surface area contributed by atoms with Crippen LogP contribution in [0, 0.1) is 12.8 Å². The van der Waals surface area contributed by atoms with Crippen molar-refractivity contribution in [3.8, 4) is 0 Å². The predicted octanol–water partition coefficient (Wildman–Crippen LogP) is 2.88. The average molecular weight is 235 g/mol. The van der Waals surface area contributed by atoms with Crippen LogP contribution in [0.2, 0.25) is 0 Å². The Kier molecular flexibility index (Phi) is 4.21. The maximum Gasteiger partial charge on any atom is 0.0537 e. The standard InChI is InChI=1S/C14H25N3/c1-4-12(5-2)10-17-11(3)13(9-16-17)8-15-14-6-7-14/h9,12,14-15H,4-8,10H2,1-3H3. The molecule has 1 saturated carbocycles. The predicted molar refractivity (Wildman–Crippen MR) is 70.9 cm³/mol. The average Bonchev–Trinajstić information content (AvgIpc) is 3.11. The first-order valence-electron chi connectivity index (χ1n) is 6.99. The Bertz CT molecular complexity index is 348. The minimum absolute atomic E-state index is 0.762. The zero-order valence-corrected chi connectivity index (χ0v) is 11.4. The zero-order chi connectivity index (χ0) is 12.3. The molecule has 1 aromatic rings. The lowest BCUT2D eigenvalue weighted by molar-refractivity contribution is 0.391. The molecule has 1 aromatic heterocycles. The van der Waals surface area contributed by atoms with Crippen LogP contribution in [0.15, 0.2) is 6.20 Å². The fourth-order valence-electron chi connectivity index (χ4n) is 2.18. The Balaban J connectivity index is 1.93. The molecule has 1 fully saturated rings. The molecule has 0 bridgehead atoms. The van der Waals surface area contributed by atoms with Gasteiger partial charge in [0.15, 0.2) is 0 Å². The quantitative estimate of drug-likeness (QED) is 0.787. The minimum atomic E-state index is 0.762. The summed E-state index contributed by atoms with van der Waals surface area (Å²) in [7, 11) is 0. The van der Waals surface area contributed by atoms with Crippen LogP contribution in [0.3, 0.4) is 0 Å². The molecule has 1 aliphatic carbocycles. The molecule has 0 radical (unpaired) electrons. The highest BCUT2D eigenvalue weighted by molar-refractivity contribution is 5.16. The van der Waals surface area contributed by atoms with Gasteiger partial charge in [0.1, 0.15) is 0 Å². The Morgan fingerprint density at radius 1 is 1.41 bits per heavy atom. The second-order valence-corrected chi connectivity index (χ2v) is 5.28. The van der Waals surface area contributed by atoms with Gasteiger partial charge in [-0.2, -0.15) is 5.10 Å². The van der Waals surface area contributed by atoms with Crippen molar-refractivity contribution in [3.05, 3.63) is 17.5 Å². The second kappa shape index (κ2) is 5.67. The van der Waals surface area contributed by atoms with Gasteiger partial charge in [-0.3, -0.25) is 4.68 Å². The summed E-state index contributed by atoms with van der Waals surface area (Å²) in [5.41, 5.74) is 2.70. The number of hydrogen-bond donors (Lipinski definition) is 1. The monoisotopic (exact) mass is 235 g/mol. The van der Waals surface area contributed by atoms with E-state index >= 15 is 0 Å². The van der Waals surface area contributed by atoms with Gasteiger partial charge in [0.2, 0.25) is 0 Å². The van der Waals surface area contributed by atoms with Gasteiger partial charge < -0.3 is 5.32 Å². The molecule has 17 heavy (non-hydrogen) atoms. The molecule has 0 aliphatic heterocycles. The van der Waals surface area contributed by atoms with Crippen molar-refractivity contribution in [3.63, 3.8) is 0 Å². The lowest BCUT2D eigenvalue weighted by Crippen LogP contribution is -2.16. The molecule has 1 heterocycles. The maximum atomic E-state index is 4.53. The van der Waals surface area contributed by atoms with Gasteiger partial charge >= 0.3 is 0 Å². The minimum Gasteiger partial charge on any atom is -0.310 e. The highest BCUT2D eigenvalue weighted by Crippen LogP contribution is 2.20. The number of nitrogens with one attached hydrogen (secondary N) is 1. The van der Waals surface area contributed by atoms with Crippen LogP contribution in [0.5, 0.6) is 0 Å². The molecule has 0 aromatic carbocycles. The molecule has 0 spiro atoms. The van der Waals surface area contributed by atoms with Crippen molar-refractivity contribution >= 4 is 0 Å². The second-order valence-electron chi connectivity index (χ2n) is 5.28. The van der Waals surface area contributed by atoms with Gasteiger partial charge in [0.25, 0.3) is 0 Å². The molecule has 96 valence electrons. The Labute approximate surface area is 105 Å². The Morgan fingerprint density at radius 2 is 2.12 bits per heavy atom. The van der Waals surface area contributed by atoms with Gasteiger partial charge in [-0.1, -0.05) is 26.7 Å². The van der Waals surface area contributed by atoms with E-state index in [0.29, 0.717) is 0 Å². The van der Waals surface area contributed by atoms with Crippen molar-refractivity contribution in [2.45, 2.75) is 65.6 Å². The third-order valence-corrected chi connectivity index (χ3v) is 3.95. The summed E-state index contributed by atoms with van der Waals surface area (Å²) in [6, 6.07) is 0.775. The van der Waals surface area contributed by atoms with Crippen LogP contribution >= 0.6 is 0 Å². The summed E-state index contributed by atoms with van der Waals surface area (Å²) in [5, 5.41) is 8.08. The van der Waals surface area contributed by atoms with Crippen LogP contribution < -0.4 is 5.32 Å². The summed E-state index contributed by atoms with van der Waals surface area (Å²) in [5.74, 6) is 0.762. The lowest BCUT2D eigenvalue weighted by atomic mass is 10.0. The van der Waals surface area contributed by atoms with E-state index in [1.807, 2.05) is 6.20 Å². The number of hydrogen-bond acceptors (Lipinski definition) is 2. The fraction of sp³-hybridized carbons (Fsp3) is 0.786. The van der Waals surface area contributed by atoms with Crippen molar-refractivity contribution in [2.24, 2.45) is 5.92 Å². The molecule has 3 heteroatoms. The topological polar surface area (TPSA) is 29.9 Å².